The van der Waals surface area contributed by atoms with Crippen LogP contribution in [0.1, 0.15) is 16.7 Å². The Morgan fingerprint density at radius 2 is 1.77 bits per heavy atom. The molecule has 0 saturated heterocycles. The zero-order valence-corrected chi connectivity index (χ0v) is 18.7. The molecule has 3 aromatic rings. The first-order valence-corrected chi connectivity index (χ1v) is 11.2. The average molecular weight is 455 g/mol. The molecule has 0 atom stereocenters. The van der Waals surface area contributed by atoms with E-state index in [1.165, 1.54) is 11.8 Å². The number of halogens is 1. The maximum Gasteiger partial charge on any atom is 0.250 e. The van der Waals surface area contributed by atoms with Gasteiger partial charge in [0.05, 0.1) is 19.1 Å². The first kappa shape index (κ1) is 22.7. The van der Waals surface area contributed by atoms with Crippen LogP contribution in [0.15, 0.2) is 77.9 Å². The first-order chi connectivity index (χ1) is 15.1. The molecule has 7 heteroatoms. The van der Waals surface area contributed by atoms with Crippen molar-refractivity contribution in [2.45, 2.75) is 12.4 Å². The fraction of sp³-hybridized carbons (Fsp3) is 0.167. The average Bonchev–Trinajstić information content (AvgIpc) is 2.79. The van der Waals surface area contributed by atoms with Crippen molar-refractivity contribution in [3.63, 3.8) is 0 Å². The number of thioether (sulfide) groups is 1. The van der Waals surface area contributed by atoms with Gasteiger partial charge in [0.15, 0.2) is 0 Å². The van der Waals surface area contributed by atoms with E-state index in [0.29, 0.717) is 17.4 Å². The van der Waals surface area contributed by atoms with Gasteiger partial charge in [-0.15, -0.1) is 11.8 Å². The van der Waals surface area contributed by atoms with Crippen molar-refractivity contribution in [3.05, 3.63) is 94.5 Å². The standard InChI is InChI=1S/C24H23ClN2O3S/c1-29-22-9-7-19(8-10-22)16-31-17-24(28)27-26-14-18-5-11-23(12-6-18)30-15-20-3-2-4-21(25)13-20/h2-14H,15-17H2,1H3,(H,27,28)/b26-14+. The number of hydrogen-bond donors (Lipinski definition) is 1. The Morgan fingerprint density at radius 1 is 1.03 bits per heavy atom. The maximum absolute atomic E-state index is 11.9. The number of carbonyl (C=O) groups is 1. The van der Waals surface area contributed by atoms with Crippen molar-refractivity contribution in [1.82, 2.24) is 5.43 Å². The van der Waals surface area contributed by atoms with Gasteiger partial charge in [-0.2, -0.15) is 5.10 Å². The third kappa shape index (κ3) is 8.00. The summed E-state index contributed by atoms with van der Waals surface area (Å²) in [6.45, 7) is 0.443. The predicted molar refractivity (Wildman–Crippen MR) is 127 cm³/mol. The largest absolute Gasteiger partial charge is 0.497 e. The van der Waals surface area contributed by atoms with E-state index in [-0.39, 0.29) is 5.91 Å². The highest BCUT2D eigenvalue weighted by molar-refractivity contribution is 7.99. The van der Waals surface area contributed by atoms with Gasteiger partial charge in [-0.1, -0.05) is 35.9 Å². The van der Waals surface area contributed by atoms with Gasteiger partial charge in [0, 0.05) is 10.8 Å². The Balaban J connectivity index is 1.37. The summed E-state index contributed by atoms with van der Waals surface area (Å²) in [5.74, 6) is 2.51. The quantitative estimate of drug-likeness (QED) is 0.333. The second kappa shape index (κ2) is 12.0. The highest BCUT2D eigenvalue weighted by Gasteiger charge is 2.02. The lowest BCUT2D eigenvalue weighted by molar-refractivity contribution is -0.118. The molecule has 0 aliphatic heterocycles. The molecule has 3 aromatic carbocycles. The van der Waals surface area contributed by atoms with Crippen LogP contribution in [-0.2, 0) is 17.2 Å². The van der Waals surface area contributed by atoms with Crippen molar-refractivity contribution >= 4 is 35.5 Å². The van der Waals surface area contributed by atoms with E-state index < -0.39 is 0 Å². The van der Waals surface area contributed by atoms with Gasteiger partial charge >= 0.3 is 0 Å². The minimum atomic E-state index is -0.142. The zero-order valence-electron chi connectivity index (χ0n) is 17.1. The summed E-state index contributed by atoms with van der Waals surface area (Å²) >= 11 is 7.51. The first-order valence-electron chi connectivity index (χ1n) is 9.62. The summed E-state index contributed by atoms with van der Waals surface area (Å²) in [7, 11) is 1.64. The van der Waals surface area contributed by atoms with Crippen LogP contribution in [0.2, 0.25) is 5.02 Å². The van der Waals surface area contributed by atoms with Crippen molar-refractivity contribution < 1.29 is 14.3 Å². The van der Waals surface area contributed by atoms with Crippen LogP contribution in [0.3, 0.4) is 0 Å². The number of ether oxygens (including phenoxy) is 2. The lowest BCUT2D eigenvalue weighted by Crippen LogP contribution is -2.19. The molecule has 0 bridgehead atoms. The molecule has 160 valence electrons. The van der Waals surface area contributed by atoms with E-state index in [1.807, 2.05) is 72.8 Å². The van der Waals surface area contributed by atoms with Crippen LogP contribution < -0.4 is 14.9 Å². The second-order valence-corrected chi connectivity index (χ2v) is 8.04. The van der Waals surface area contributed by atoms with E-state index in [0.717, 1.165) is 33.9 Å². The summed E-state index contributed by atoms with van der Waals surface area (Å²) in [6, 6.07) is 22.8. The Labute approximate surface area is 191 Å². The molecule has 0 heterocycles. The van der Waals surface area contributed by atoms with E-state index in [4.69, 9.17) is 21.1 Å². The molecule has 0 spiro atoms. The van der Waals surface area contributed by atoms with Crippen molar-refractivity contribution in [2.75, 3.05) is 12.9 Å². The summed E-state index contributed by atoms with van der Waals surface area (Å²) in [4.78, 5) is 11.9. The number of rotatable bonds is 10. The highest BCUT2D eigenvalue weighted by atomic mass is 35.5. The fourth-order valence-corrected chi connectivity index (χ4v) is 3.63. The van der Waals surface area contributed by atoms with E-state index in [2.05, 4.69) is 10.5 Å². The van der Waals surface area contributed by atoms with Crippen molar-refractivity contribution in [2.24, 2.45) is 5.10 Å². The monoisotopic (exact) mass is 454 g/mol. The van der Waals surface area contributed by atoms with Gasteiger partial charge in [0.2, 0.25) is 5.91 Å². The molecule has 0 aliphatic rings. The van der Waals surface area contributed by atoms with Crippen LogP contribution in [0.4, 0.5) is 0 Å². The van der Waals surface area contributed by atoms with Gasteiger partial charge in [-0.3, -0.25) is 4.79 Å². The Kier molecular flexibility index (Phi) is 8.82. The molecule has 1 amide bonds. The van der Waals surface area contributed by atoms with Crippen LogP contribution >= 0.6 is 23.4 Å². The Morgan fingerprint density at radius 3 is 2.48 bits per heavy atom. The molecule has 5 nitrogen and oxygen atoms in total. The SMILES string of the molecule is COc1ccc(CSCC(=O)N/N=C/c2ccc(OCc3cccc(Cl)c3)cc2)cc1. The number of methoxy groups -OCH3 is 1. The van der Waals surface area contributed by atoms with Crippen molar-refractivity contribution in [1.29, 1.82) is 0 Å². The van der Waals surface area contributed by atoms with E-state index in [1.54, 1.807) is 13.3 Å². The van der Waals surface area contributed by atoms with Crippen LogP contribution in [0, 0.1) is 0 Å². The molecule has 0 aromatic heterocycles. The zero-order chi connectivity index (χ0) is 21.9. The number of amides is 1. The van der Waals surface area contributed by atoms with Crippen LogP contribution in [0.25, 0.3) is 0 Å². The molecular weight excluding hydrogens is 432 g/mol. The molecule has 0 saturated carbocycles. The second-order valence-electron chi connectivity index (χ2n) is 6.62. The summed E-state index contributed by atoms with van der Waals surface area (Å²) < 4.78 is 10.9. The molecule has 31 heavy (non-hydrogen) atoms. The van der Waals surface area contributed by atoms with Gasteiger partial charge in [0.1, 0.15) is 18.1 Å². The number of benzene rings is 3. The maximum atomic E-state index is 11.9. The van der Waals surface area contributed by atoms with Gasteiger partial charge in [-0.05, 0) is 65.2 Å². The van der Waals surface area contributed by atoms with E-state index >= 15 is 0 Å². The number of hydrazone groups is 1. The molecule has 1 N–H and O–H groups in total. The Bertz CT molecular complexity index is 1010. The van der Waals surface area contributed by atoms with Gasteiger partial charge < -0.3 is 9.47 Å². The smallest absolute Gasteiger partial charge is 0.250 e. The Hall–Kier alpha value is -2.96. The third-order valence-corrected chi connectivity index (χ3v) is 5.48. The van der Waals surface area contributed by atoms with E-state index in [9.17, 15) is 4.79 Å². The molecular formula is C24H23ClN2O3S. The van der Waals surface area contributed by atoms with Crippen LogP contribution in [0.5, 0.6) is 11.5 Å². The minimum Gasteiger partial charge on any atom is -0.497 e. The van der Waals surface area contributed by atoms with Gasteiger partial charge in [0.25, 0.3) is 0 Å². The number of carbonyl (C=O) groups excluding carboxylic acids is 1. The normalized spacial score (nSPS) is 10.8. The lowest BCUT2D eigenvalue weighted by atomic mass is 10.2. The highest BCUT2D eigenvalue weighted by Crippen LogP contribution is 2.17. The minimum absolute atomic E-state index is 0.142. The fourth-order valence-electron chi connectivity index (χ4n) is 2.64. The summed E-state index contributed by atoms with van der Waals surface area (Å²) in [5, 5.41) is 4.70. The molecule has 0 radical (unpaired) electrons. The molecule has 3 rings (SSSR count). The van der Waals surface area contributed by atoms with Crippen LogP contribution in [-0.4, -0.2) is 25.0 Å². The topological polar surface area (TPSA) is 59.9 Å². The summed E-state index contributed by atoms with van der Waals surface area (Å²) in [5.41, 5.74) is 5.55. The lowest BCUT2D eigenvalue weighted by Gasteiger charge is -2.06. The number of hydrogen-bond acceptors (Lipinski definition) is 5. The van der Waals surface area contributed by atoms with Crippen molar-refractivity contribution in [3.8, 4) is 11.5 Å². The number of nitrogens with zero attached hydrogens (tertiary/aromatic N) is 1. The van der Waals surface area contributed by atoms with Gasteiger partial charge in [-0.25, -0.2) is 5.43 Å². The molecule has 0 fully saturated rings. The third-order valence-electron chi connectivity index (χ3n) is 4.24. The summed E-state index contributed by atoms with van der Waals surface area (Å²) in [6.07, 6.45) is 1.60. The molecule has 0 aliphatic carbocycles. The molecule has 0 unspecified atom stereocenters. The number of nitrogens with one attached hydrogen (secondary N) is 1. The predicted octanol–water partition coefficient (Wildman–Crippen LogP) is 5.31.